The van der Waals surface area contributed by atoms with E-state index in [0.29, 0.717) is 0 Å². The number of para-hydroxylation sites is 1. The molecular weight excluding hydrogens is 279 g/mol. The van der Waals surface area contributed by atoms with Crippen molar-refractivity contribution in [3.8, 4) is 0 Å². The molecule has 22 heavy (non-hydrogen) atoms. The molecule has 3 nitrogen and oxygen atoms in total. The number of allylic oxidation sites excluding steroid dienone is 1. The Kier molecular flexibility index (Phi) is 4.94. The van der Waals surface area contributed by atoms with Crippen molar-refractivity contribution in [3.63, 3.8) is 0 Å². The van der Waals surface area contributed by atoms with Crippen molar-refractivity contribution >= 4 is 17.4 Å². The van der Waals surface area contributed by atoms with Crippen molar-refractivity contribution < 1.29 is 9.18 Å². The van der Waals surface area contributed by atoms with Crippen LogP contribution in [0, 0.1) is 5.82 Å². The Morgan fingerprint density at radius 1 is 1.00 bits per heavy atom. The smallest absolute Gasteiger partial charge is 0.297 e. The molecule has 2 aromatic rings. The van der Waals surface area contributed by atoms with Gasteiger partial charge < -0.3 is 0 Å². The van der Waals surface area contributed by atoms with E-state index in [1.807, 2.05) is 43.3 Å². The van der Waals surface area contributed by atoms with Crippen LogP contribution >= 0.6 is 0 Å². The van der Waals surface area contributed by atoms with Gasteiger partial charge in [0.25, 0.3) is 0 Å². The molecule has 0 atom stereocenters. The van der Waals surface area contributed by atoms with Crippen LogP contribution in [0.5, 0.6) is 0 Å². The molecule has 0 N–H and O–H groups in total. The summed E-state index contributed by atoms with van der Waals surface area (Å²) < 4.78 is 13.8. The van der Waals surface area contributed by atoms with Crippen molar-refractivity contribution in [1.29, 1.82) is 0 Å². The summed E-state index contributed by atoms with van der Waals surface area (Å²) in [7, 11) is 3.25. The molecule has 0 aliphatic rings. The van der Waals surface area contributed by atoms with Gasteiger partial charge >= 0.3 is 6.03 Å². The van der Waals surface area contributed by atoms with Crippen LogP contribution in [-0.4, -0.2) is 25.0 Å². The molecule has 0 aromatic heterocycles. The fraction of sp³-hybridized carbons (Fsp3) is 0.167. The van der Waals surface area contributed by atoms with Crippen LogP contribution < -0.4 is 4.90 Å². The molecule has 0 heterocycles. The standard InChI is InChI=1S/C18H19FN2O/c1-4-16(14-10-6-5-7-11-14)20(2)18(22)21(3)17-13-9-8-12-15(17)19/h4-13H,1-3H3/b16-4-. The zero-order valence-electron chi connectivity index (χ0n) is 13.0. The Hall–Kier alpha value is -2.62. The first kappa shape index (κ1) is 15.8. The minimum atomic E-state index is -0.423. The summed E-state index contributed by atoms with van der Waals surface area (Å²) in [5.74, 6) is -0.423. The monoisotopic (exact) mass is 298 g/mol. The number of halogens is 1. The lowest BCUT2D eigenvalue weighted by atomic mass is 10.1. The maximum absolute atomic E-state index is 13.8. The van der Waals surface area contributed by atoms with Crippen molar-refractivity contribution in [2.24, 2.45) is 0 Å². The molecule has 0 aliphatic carbocycles. The summed E-state index contributed by atoms with van der Waals surface area (Å²) in [6, 6.07) is 15.5. The molecule has 2 aromatic carbocycles. The van der Waals surface area contributed by atoms with Gasteiger partial charge in [-0.3, -0.25) is 9.80 Å². The molecule has 0 aliphatic heterocycles. The Labute approximate surface area is 130 Å². The van der Waals surface area contributed by atoms with E-state index < -0.39 is 5.82 Å². The van der Waals surface area contributed by atoms with Crippen LogP contribution in [0.2, 0.25) is 0 Å². The van der Waals surface area contributed by atoms with Gasteiger partial charge in [-0.2, -0.15) is 0 Å². The fourth-order valence-corrected chi connectivity index (χ4v) is 2.32. The lowest BCUT2D eigenvalue weighted by molar-refractivity contribution is 0.231. The Morgan fingerprint density at radius 3 is 2.18 bits per heavy atom. The zero-order valence-corrected chi connectivity index (χ0v) is 13.0. The van der Waals surface area contributed by atoms with Gasteiger partial charge in [0, 0.05) is 19.8 Å². The number of urea groups is 1. The number of benzene rings is 2. The van der Waals surface area contributed by atoms with Gasteiger partial charge in [0.05, 0.1) is 5.69 Å². The largest absolute Gasteiger partial charge is 0.328 e. The lowest BCUT2D eigenvalue weighted by Gasteiger charge is -2.27. The minimum Gasteiger partial charge on any atom is -0.297 e. The quantitative estimate of drug-likeness (QED) is 0.825. The van der Waals surface area contributed by atoms with E-state index in [2.05, 4.69) is 0 Å². The third kappa shape index (κ3) is 3.17. The third-order valence-corrected chi connectivity index (χ3v) is 3.49. The van der Waals surface area contributed by atoms with E-state index in [1.54, 1.807) is 32.3 Å². The van der Waals surface area contributed by atoms with Crippen LogP contribution in [-0.2, 0) is 0 Å². The van der Waals surface area contributed by atoms with E-state index in [-0.39, 0.29) is 11.7 Å². The van der Waals surface area contributed by atoms with Crippen molar-refractivity contribution in [3.05, 3.63) is 72.1 Å². The molecule has 114 valence electrons. The molecule has 0 saturated carbocycles. The van der Waals surface area contributed by atoms with Crippen molar-refractivity contribution in [1.82, 2.24) is 4.90 Å². The normalized spacial score (nSPS) is 11.2. The SMILES string of the molecule is C/C=C(/c1ccccc1)N(C)C(=O)N(C)c1ccccc1F. The van der Waals surface area contributed by atoms with E-state index in [4.69, 9.17) is 0 Å². The van der Waals surface area contributed by atoms with Crippen LogP contribution in [0.3, 0.4) is 0 Å². The molecule has 2 rings (SSSR count). The minimum absolute atomic E-state index is 0.253. The molecule has 4 heteroatoms. The number of nitrogens with zero attached hydrogens (tertiary/aromatic N) is 2. The third-order valence-electron chi connectivity index (χ3n) is 3.49. The second kappa shape index (κ2) is 6.89. The van der Waals surface area contributed by atoms with E-state index >= 15 is 0 Å². The molecule has 2 amide bonds. The summed E-state index contributed by atoms with van der Waals surface area (Å²) in [5.41, 5.74) is 1.96. The highest BCUT2D eigenvalue weighted by molar-refractivity contribution is 5.96. The summed E-state index contributed by atoms with van der Waals surface area (Å²) in [5, 5.41) is 0. The Morgan fingerprint density at radius 2 is 1.59 bits per heavy atom. The molecule has 0 unspecified atom stereocenters. The van der Waals surface area contributed by atoms with Crippen LogP contribution in [0.4, 0.5) is 14.9 Å². The topological polar surface area (TPSA) is 23.6 Å². The predicted octanol–water partition coefficient (Wildman–Crippen LogP) is 4.37. The Bertz CT molecular complexity index is 682. The summed E-state index contributed by atoms with van der Waals surface area (Å²) in [6.45, 7) is 1.87. The first-order valence-corrected chi connectivity index (χ1v) is 7.04. The van der Waals surface area contributed by atoms with Gasteiger partial charge in [-0.1, -0.05) is 48.5 Å². The molecule has 0 bridgehead atoms. The number of anilines is 1. The Balaban J connectivity index is 2.27. The van der Waals surface area contributed by atoms with Gasteiger partial charge in [0.15, 0.2) is 0 Å². The summed E-state index contributed by atoms with van der Waals surface area (Å²) in [4.78, 5) is 15.4. The fourth-order valence-electron chi connectivity index (χ4n) is 2.32. The number of hydrogen-bond donors (Lipinski definition) is 0. The molecule has 0 saturated heterocycles. The van der Waals surface area contributed by atoms with Gasteiger partial charge in [-0.25, -0.2) is 9.18 Å². The highest BCUT2D eigenvalue weighted by atomic mass is 19.1. The number of carbonyl (C=O) groups excluding carboxylic acids is 1. The number of carbonyl (C=O) groups is 1. The highest BCUT2D eigenvalue weighted by Crippen LogP contribution is 2.23. The average molecular weight is 298 g/mol. The van der Waals surface area contributed by atoms with Gasteiger partial charge in [-0.05, 0) is 24.6 Å². The van der Waals surface area contributed by atoms with E-state index in [9.17, 15) is 9.18 Å². The number of hydrogen-bond acceptors (Lipinski definition) is 1. The summed E-state index contributed by atoms with van der Waals surface area (Å²) >= 11 is 0. The van der Waals surface area contributed by atoms with Crippen molar-refractivity contribution in [2.45, 2.75) is 6.92 Å². The first-order valence-electron chi connectivity index (χ1n) is 7.04. The molecule has 0 fully saturated rings. The molecular formula is C18H19FN2O. The van der Waals surface area contributed by atoms with Crippen LogP contribution in [0.25, 0.3) is 5.70 Å². The van der Waals surface area contributed by atoms with Gasteiger partial charge in [-0.15, -0.1) is 0 Å². The predicted molar refractivity (Wildman–Crippen MR) is 88.1 cm³/mol. The maximum Gasteiger partial charge on any atom is 0.328 e. The molecule has 0 spiro atoms. The maximum atomic E-state index is 13.8. The van der Waals surface area contributed by atoms with E-state index in [0.717, 1.165) is 11.3 Å². The second-order valence-electron chi connectivity index (χ2n) is 4.89. The lowest BCUT2D eigenvalue weighted by Crippen LogP contribution is -2.38. The highest BCUT2D eigenvalue weighted by Gasteiger charge is 2.21. The first-order chi connectivity index (χ1) is 10.6. The van der Waals surface area contributed by atoms with Gasteiger partial charge in [0.1, 0.15) is 5.82 Å². The second-order valence-corrected chi connectivity index (χ2v) is 4.89. The number of rotatable bonds is 3. The van der Waals surface area contributed by atoms with Crippen molar-refractivity contribution in [2.75, 3.05) is 19.0 Å². The zero-order chi connectivity index (χ0) is 16.1. The number of amides is 2. The van der Waals surface area contributed by atoms with Crippen LogP contribution in [0.15, 0.2) is 60.7 Å². The van der Waals surface area contributed by atoms with E-state index in [1.165, 1.54) is 15.9 Å². The van der Waals surface area contributed by atoms with Crippen LogP contribution in [0.1, 0.15) is 12.5 Å². The van der Waals surface area contributed by atoms with Gasteiger partial charge in [0.2, 0.25) is 0 Å². The summed E-state index contributed by atoms with van der Waals surface area (Å²) in [6.07, 6.45) is 1.86. The average Bonchev–Trinajstić information content (AvgIpc) is 2.55. The molecule has 0 radical (unpaired) electrons.